The van der Waals surface area contributed by atoms with E-state index in [0.29, 0.717) is 0 Å². The monoisotopic (exact) mass is 461 g/mol. The molecule has 0 bridgehead atoms. The van der Waals surface area contributed by atoms with Crippen molar-refractivity contribution in [1.82, 2.24) is 19.3 Å². The molecule has 0 atom stereocenters. The van der Waals surface area contributed by atoms with Crippen LogP contribution in [0.2, 0.25) is 0 Å². The average molecular weight is 461 g/mol. The van der Waals surface area contributed by atoms with E-state index in [1.54, 1.807) is 42.5 Å². The van der Waals surface area contributed by atoms with Gasteiger partial charge in [0.15, 0.2) is 12.3 Å². The molecule has 0 radical (unpaired) electrons. The molecule has 2 aromatic heterocycles. The Bertz CT molecular complexity index is 1600. The van der Waals surface area contributed by atoms with Crippen molar-refractivity contribution in [1.29, 1.82) is 0 Å². The lowest BCUT2D eigenvalue weighted by atomic mass is 10.1. The summed E-state index contributed by atoms with van der Waals surface area (Å²) in [5.74, 6) is -2.19. The molecule has 0 saturated heterocycles. The molecule has 3 N–H and O–H groups in total. The molecule has 0 saturated carbocycles. The van der Waals surface area contributed by atoms with Gasteiger partial charge in [-0.3, -0.25) is 23.5 Å². The van der Waals surface area contributed by atoms with Crippen molar-refractivity contribution < 1.29 is 14.3 Å². The Kier molecular flexibility index (Phi) is 5.92. The second kappa shape index (κ2) is 8.98. The molecule has 2 aromatic carbocycles. The SMILES string of the molecule is Cn1c(=O)c(C(=O)COC(=O)c2n[nH]c(=O)c3ccccc23)c(N)n(Cc2ccccc2)c1=O. The highest BCUT2D eigenvalue weighted by atomic mass is 16.5. The standard InChI is InChI=1S/C23H19N5O6/c1-27-21(31)17(19(24)28(23(27)33)11-13-7-3-2-4-8-13)16(29)12-34-22(32)18-14-9-5-6-10-15(14)20(30)26-25-18/h2-10H,11-12,24H2,1H3,(H,26,30). The van der Waals surface area contributed by atoms with Gasteiger partial charge in [-0.15, -0.1) is 0 Å². The fourth-order valence-electron chi connectivity index (χ4n) is 3.51. The number of ketones is 1. The van der Waals surface area contributed by atoms with Gasteiger partial charge in [-0.2, -0.15) is 5.10 Å². The number of hydrogen-bond donors (Lipinski definition) is 2. The van der Waals surface area contributed by atoms with Gasteiger partial charge < -0.3 is 10.5 Å². The Balaban J connectivity index is 1.63. The number of carbonyl (C=O) groups excluding carboxylic acids is 2. The summed E-state index contributed by atoms with van der Waals surface area (Å²) in [6.07, 6.45) is 0. The molecular formula is C23H19N5O6. The van der Waals surface area contributed by atoms with Crippen LogP contribution in [-0.2, 0) is 18.3 Å². The van der Waals surface area contributed by atoms with Crippen LogP contribution in [0, 0.1) is 0 Å². The number of nitrogens with zero attached hydrogens (tertiary/aromatic N) is 3. The summed E-state index contributed by atoms with van der Waals surface area (Å²) in [6, 6.07) is 15.2. The lowest BCUT2D eigenvalue weighted by Gasteiger charge is -2.14. The number of esters is 1. The molecule has 0 aliphatic carbocycles. The van der Waals surface area contributed by atoms with E-state index in [1.165, 1.54) is 19.2 Å². The molecule has 0 amide bonds. The van der Waals surface area contributed by atoms with Gasteiger partial charge in [0.25, 0.3) is 11.1 Å². The summed E-state index contributed by atoms with van der Waals surface area (Å²) in [4.78, 5) is 62.6. The van der Waals surface area contributed by atoms with Crippen LogP contribution in [0.1, 0.15) is 26.4 Å². The number of aromatic amines is 1. The number of aromatic nitrogens is 4. The first-order valence-corrected chi connectivity index (χ1v) is 10.1. The van der Waals surface area contributed by atoms with Gasteiger partial charge in [0.1, 0.15) is 11.4 Å². The third-order valence-electron chi connectivity index (χ3n) is 5.27. The van der Waals surface area contributed by atoms with Gasteiger partial charge in [-0.05, 0) is 11.6 Å². The van der Waals surface area contributed by atoms with E-state index in [2.05, 4.69) is 10.2 Å². The average Bonchev–Trinajstić information content (AvgIpc) is 2.85. The number of nitrogens with two attached hydrogens (primary N) is 1. The van der Waals surface area contributed by atoms with Crippen LogP contribution in [0.15, 0.2) is 69.0 Å². The molecule has 0 fully saturated rings. The highest BCUT2D eigenvalue weighted by molar-refractivity contribution is 6.05. The minimum atomic E-state index is -0.978. The van der Waals surface area contributed by atoms with E-state index in [0.717, 1.165) is 14.7 Å². The van der Waals surface area contributed by atoms with Crippen LogP contribution in [0.4, 0.5) is 5.82 Å². The number of fused-ring (bicyclic) bond motifs is 1. The fraction of sp³-hybridized carbons (Fsp3) is 0.130. The third kappa shape index (κ3) is 4.01. The molecule has 34 heavy (non-hydrogen) atoms. The number of nitrogen functional groups attached to an aromatic ring is 1. The number of Topliss-reactive ketones (excluding diaryl/α,β-unsaturated/α-hetero) is 1. The number of carbonyl (C=O) groups is 2. The Morgan fingerprint density at radius 2 is 1.65 bits per heavy atom. The molecule has 0 spiro atoms. The minimum Gasteiger partial charge on any atom is -0.452 e. The minimum absolute atomic E-state index is 0.0347. The van der Waals surface area contributed by atoms with Crippen LogP contribution in [0.25, 0.3) is 10.8 Å². The molecule has 0 aliphatic heterocycles. The normalized spacial score (nSPS) is 10.9. The van der Waals surface area contributed by atoms with E-state index in [9.17, 15) is 24.0 Å². The first-order chi connectivity index (χ1) is 16.3. The summed E-state index contributed by atoms with van der Waals surface area (Å²) in [7, 11) is 1.23. The predicted molar refractivity (Wildman–Crippen MR) is 123 cm³/mol. The van der Waals surface area contributed by atoms with Crippen LogP contribution in [-0.4, -0.2) is 37.7 Å². The highest BCUT2D eigenvalue weighted by Crippen LogP contribution is 2.14. The first kappa shape index (κ1) is 22.4. The number of benzene rings is 2. The number of H-pyrrole nitrogens is 1. The Morgan fingerprint density at radius 1 is 1.00 bits per heavy atom. The second-order valence-corrected chi connectivity index (χ2v) is 7.42. The summed E-state index contributed by atoms with van der Waals surface area (Å²) >= 11 is 0. The van der Waals surface area contributed by atoms with E-state index < -0.39 is 40.7 Å². The van der Waals surface area contributed by atoms with Gasteiger partial charge in [-0.25, -0.2) is 14.7 Å². The molecule has 11 heteroatoms. The number of nitrogens with one attached hydrogen (secondary N) is 1. The van der Waals surface area contributed by atoms with Crippen molar-refractivity contribution in [3.63, 3.8) is 0 Å². The van der Waals surface area contributed by atoms with E-state index in [-0.39, 0.29) is 28.8 Å². The van der Waals surface area contributed by atoms with E-state index in [4.69, 9.17) is 10.5 Å². The van der Waals surface area contributed by atoms with Gasteiger partial charge in [0.05, 0.1) is 11.9 Å². The molecule has 172 valence electrons. The largest absolute Gasteiger partial charge is 0.452 e. The quantitative estimate of drug-likeness (QED) is 0.309. The van der Waals surface area contributed by atoms with Crippen molar-refractivity contribution >= 4 is 28.3 Å². The van der Waals surface area contributed by atoms with Crippen molar-refractivity contribution in [3.05, 3.63) is 103 Å². The third-order valence-corrected chi connectivity index (χ3v) is 5.27. The predicted octanol–water partition coefficient (Wildman–Crippen LogP) is 0.454. The maximum atomic E-state index is 12.8. The van der Waals surface area contributed by atoms with Crippen LogP contribution in [0.3, 0.4) is 0 Å². The number of hydrogen-bond acceptors (Lipinski definition) is 8. The van der Waals surface area contributed by atoms with Gasteiger partial charge >= 0.3 is 11.7 Å². The number of anilines is 1. The van der Waals surface area contributed by atoms with Crippen molar-refractivity contribution in [3.8, 4) is 0 Å². The molecule has 0 unspecified atom stereocenters. The van der Waals surface area contributed by atoms with Crippen molar-refractivity contribution in [2.24, 2.45) is 7.05 Å². The number of rotatable bonds is 6. The lowest BCUT2D eigenvalue weighted by molar-refractivity contribution is 0.0469. The van der Waals surface area contributed by atoms with Gasteiger partial charge in [-0.1, -0.05) is 48.5 Å². The van der Waals surface area contributed by atoms with Crippen LogP contribution < -0.4 is 22.5 Å². The zero-order valence-electron chi connectivity index (χ0n) is 18.0. The van der Waals surface area contributed by atoms with Crippen molar-refractivity contribution in [2.75, 3.05) is 12.3 Å². The zero-order chi connectivity index (χ0) is 24.4. The van der Waals surface area contributed by atoms with Gasteiger partial charge in [0, 0.05) is 12.4 Å². The summed E-state index contributed by atoms with van der Waals surface area (Å²) in [5, 5.41) is 6.39. The molecule has 11 nitrogen and oxygen atoms in total. The summed E-state index contributed by atoms with van der Waals surface area (Å²) < 4.78 is 6.94. The summed E-state index contributed by atoms with van der Waals surface area (Å²) in [6.45, 7) is -0.788. The molecular weight excluding hydrogens is 442 g/mol. The van der Waals surface area contributed by atoms with Crippen LogP contribution in [0.5, 0.6) is 0 Å². The Morgan fingerprint density at radius 3 is 2.35 bits per heavy atom. The zero-order valence-corrected chi connectivity index (χ0v) is 18.0. The maximum absolute atomic E-state index is 12.8. The molecule has 4 aromatic rings. The number of ether oxygens (including phenoxy) is 1. The topological polar surface area (TPSA) is 159 Å². The second-order valence-electron chi connectivity index (χ2n) is 7.42. The highest BCUT2D eigenvalue weighted by Gasteiger charge is 2.24. The fourth-order valence-corrected chi connectivity index (χ4v) is 3.51. The maximum Gasteiger partial charge on any atom is 0.359 e. The smallest absolute Gasteiger partial charge is 0.359 e. The summed E-state index contributed by atoms with van der Waals surface area (Å²) in [5.41, 5.74) is 4.04. The Hall–Kier alpha value is -4.80. The first-order valence-electron chi connectivity index (χ1n) is 10.1. The van der Waals surface area contributed by atoms with Gasteiger partial charge in [0.2, 0.25) is 5.78 Å². The molecule has 4 rings (SSSR count). The molecule has 0 aliphatic rings. The Labute approximate surface area is 191 Å². The molecule has 2 heterocycles. The van der Waals surface area contributed by atoms with Crippen LogP contribution >= 0.6 is 0 Å². The van der Waals surface area contributed by atoms with E-state index in [1.807, 2.05) is 0 Å². The lowest BCUT2D eigenvalue weighted by Crippen LogP contribution is -2.43. The van der Waals surface area contributed by atoms with Crippen molar-refractivity contribution in [2.45, 2.75) is 6.54 Å². The van der Waals surface area contributed by atoms with E-state index >= 15 is 0 Å².